The van der Waals surface area contributed by atoms with Gasteiger partial charge < -0.3 is 14.4 Å². The van der Waals surface area contributed by atoms with Crippen LogP contribution in [0.2, 0.25) is 5.02 Å². The summed E-state index contributed by atoms with van der Waals surface area (Å²) in [6.07, 6.45) is 1.97. The minimum atomic E-state index is -0.204. The van der Waals surface area contributed by atoms with Gasteiger partial charge in [-0.1, -0.05) is 39.3 Å². The Morgan fingerprint density at radius 1 is 1.15 bits per heavy atom. The molecule has 2 aromatic rings. The Bertz CT molecular complexity index is 1110. The average molecular weight is 479 g/mol. The fourth-order valence-corrected chi connectivity index (χ4v) is 6.25. The lowest BCUT2D eigenvalue weighted by atomic mass is 9.44. The van der Waals surface area contributed by atoms with E-state index >= 15 is 0 Å². The van der Waals surface area contributed by atoms with E-state index in [4.69, 9.17) is 21.6 Å². The van der Waals surface area contributed by atoms with Gasteiger partial charge in [-0.25, -0.2) is 0 Å². The highest BCUT2D eigenvalue weighted by Crippen LogP contribution is 2.61. The standard InChI is InChI=1S/C28H31ClN2O3/c1-27(2)25(28(3,4)26(27)34-22-10-7-20(15-30)23(29)13-22)14-24(33)19-5-8-21(9-6-19)31-16-18(17-31)11-12-32/h5-10,12-13,18,25-26H,11,14,16-17H2,1-4H3. The predicted octanol–water partition coefficient (Wildman–Crippen LogP) is 5.94. The molecule has 1 saturated carbocycles. The zero-order valence-corrected chi connectivity index (χ0v) is 20.9. The van der Waals surface area contributed by atoms with Crippen LogP contribution in [0.4, 0.5) is 5.69 Å². The molecule has 2 fully saturated rings. The molecule has 1 saturated heterocycles. The maximum atomic E-state index is 13.2. The van der Waals surface area contributed by atoms with Gasteiger partial charge in [-0.15, -0.1) is 0 Å². The molecule has 5 nitrogen and oxygen atoms in total. The maximum absolute atomic E-state index is 13.2. The Hall–Kier alpha value is -2.84. The van der Waals surface area contributed by atoms with Crippen molar-refractivity contribution in [2.75, 3.05) is 18.0 Å². The molecule has 1 aliphatic heterocycles. The van der Waals surface area contributed by atoms with Gasteiger partial charge in [0.05, 0.1) is 10.6 Å². The molecule has 2 aromatic carbocycles. The van der Waals surface area contributed by atoms with E-state index in [1.807, 2.05) is 24.3 Å². The van der Waals surface area contributed by atoms with E-state index < -0.39 is 0 Å². The molecule has 6 heteroatoms. The van der Waals surface area contributed by atoms with Gasteiger partial charge in [-0.2, -0.15) is 5.26 Å². The van der Waals surface area contributed by atoms with E-state index in [9.17, 15) is 9.59 Å². The van der Waals surface area contributed by atoms with Crippen molar-refractivity contribution in [1.82, 2.24) is 0 Å². The van der Waals surface area contributed by atoms with Crippen LogP contribution in [0.5, 0.6) is 5.75 Å². The second-order valence-corrected chi connectivity index (χ2v) is 11.2. The van der Waals surface area contributed by atoms with Crippen LogP contribution < -0.4 is 9.64 Å². The number of ketones is 1. The zero-order valence-electron chi connectivity index (χ0n) is 20.2. The van der Waals surface area contributed by atoms with Crippen molar-refractivity contribution < 1.29 is 14.3 Å². The topological polar surface area (TPSA) is 70.4 Å². The van der Waals surface area contributed by atoms with Crippen molar-refractivity contribution in [3.63, 3.8) is 0 Å². The zero-order chi connectivity index (χ0) is 24.7. The molecule has 178 valence electrons. The molecule has 2 aliphatic rings. The summed E-state index contributed by atoms with van der Waals surface area (Å²) in [5, 5.41) is 9.47. The van der Waals surface area contributed by atoms with Crippen molar-refractivity contribution in [3.8, 4) is 11.8 Å². The molecule has 1 aliphatic carbocycles. The number of carbonyl (C=O) groups is 2. The van der Waals surface area contributed by atoms with Crippen LogP contribution in [-0.4, -0.2) is 31.3 Å². The van der Waals surface area contributed by atoms with E-state index in [0.29, 0.717) is 35.1 Å². The third-order valence-electron chi connectivity index (χ3n) is 7.79. The van der Waals surface area contributed by atoms with Crippen molar-refractivity contribution in [1.29, 1.82) is 5.26 Å². The Morgan fingerprint density at radius 2 is 1.79 bits per heavy atom. The molecule has 0 aromatic heterocycles. The van der Waals surface area contributed by atoms with Gasteiger partial charge in [0, 0.05) is 60.0 Å². The second kappa shape index (κ2) is 9.07. The summed E-state index contributed by atoms with van der Waals surface area (Å²) in [7, 11) is 0. The normalized spacial score (nSPS) is 22.8. The number of benzene rings is 2. The number of hydrogen-bond donors (Lipinski definition) is 0. The highest BCUT2D eigenvalue weighted by molar-refractivity contribution is 6.31. The molecule has 1 heterocycles. The van der Waals surface area contributed by atoms with E-state index in [-0.39, 0.29) is 28.6 Å². The maximum Gasteiger partial charge on any atom is 0.163 e. The molecule has 0 N–H and O–H groups in total. The largest absolute Gasteiger partial charge is 0.489 e. The number of nitriles is 1. The Morgan fingerprint density at radius 3 is 2.35 bits per heavy atom. The number of carbonyl (C=O) groups excluding carboxylic acids is 2. The lowest BCUT2D eigenvalue weighted by Gasteiger charge is -2.63. The van der Waals surface area contributed by atoms with Gasteiger partial charge >= 0.3 is 0 Å². The minimum absolute atomic E-state index is 0.0880. The second-order valence-electron chi connectivity index (χ2n) is 10.8. The first kappa shape index (κ1) is 24.3. The summed E-state index contributed by atoms with van der Waals surface area (Å²) in [6.45, 7) is 10.4. The molecule has 0 amide bonds. The van der Waals surface area contributed by atoms with Gasteiger partial charge in [-0.05, 0) is 42.3 Å². The summed E-state index contributed by atoms with van der Waals surface area (Å²) in [6, 6.07) is 15.0. The first-order valence-corrected chi connectivity index (χ1v) is 12.1. The first-order chi connectivity index (χ1) is 16.1. The van der Waals surface area contributed by atoms with Gasteiger partial charge in [0.25, 0.3) is 0 Å². The Balaban J connectivity index is 1.40. The Kier molecular flexibility index (Phi) is 6.48. The van der Waals surface area contributed by atoms with Crippen LogP contribution in [0.1, 0.15) is 56.5 Å². The highest BCUT2D eigenvalue weighted by atomic mass is 35.5. The van der Waals surface area contributed by atoms with Crippen molar-refractivity contribution in [2.24, 2.45) is 22.7 Å². The summed E-state index contributed by atoms with van der Waals surface area (Å²) >= 11 is 6.18. The van der Waals surface area contributed by atoms with Crippen LogP contribution in [0, 0.1) is 34.0 Å². The summed E-state index contributed by atoms with van der Waals surface area (Å²) in [4.78, 5) is 26.0. The van der Waals surface area contributed by atoms with Gasteiger partial charge in [0.2, 0.25) is 0 Å². The summed E-state index contributed by atoms with van der Waals surface area (Å²) < 4.78 is 6.33. The van der Waals surface area contributed by atoms with E-state index in [0.717, 1.165) is 30.6 Å². The number of halogens is 1. The predicted molar refractivity (Wildman–Crippen MR) is 133 cm³/mol. The fourth-order valence-electron chi connectivity index (χ4n) is 6.04. The molecule has 0 bridgehead atoms. The molecular formula is C28H31ClN2O3. The lowest BCUT2D eigenvalue weighted by molar-refractivity contribution is -0.196. The van der Waals surface area contributed by atoms with Crippen molar-refractivity contribution >= 4 is 29.4 Å². The van der Waals surface area contributed by atoms with E-state index in [2.05, 4.69) is 38.7 Å². The third-order valence-corrected chi connectivity index (χ3v) is 8.11. The average Bonchev–Trinajstić information content (AvgIpc) is 2.77. The van der Waals surface area contributed by atoms with Crippen molar-refractivity contribution in [2.45, 2.75) is 46.6 Å². The molecule has 0 radical (unpaired) electrons. The number of hydrogen-bond acceptors (Lipinski definition) is 5. The number of aldehydes is 1. The minimum Gasteiger partial charge on any atom is -0.489 e. The number of ether oxygens (including phenoxy) is 1. The molecule has 0 unspecified atom stereocenters. The van der Waals surface area contributed by atoms with Crippen LogP contribution in [0.15, 0.2) is 42.5 Å². The fraction of sp³-hybridized carbons (Fsp3) is 0.464. The number of Topliss-reactive ketones (excluding diaryl/α,β-unsaturated/α-hetero) is 1. The summed E-state index contributed by atoms with van der Waals surface area (Å²) in [5.74, 6) is 1.37. The van der Waals surface area contributed by atoms with Crippen LogP contribution >= 0.6 is 11.6 Å². The number of anilines is 1. The van der Waals surface area contributed by atoms with Crippen molar-refractivity contribution in [3.05, 3.63) is 58.6 Å². The van der Waals surface area contributed by atoms with Crippen LogP contribution in [0.25, 0.3) is 0 Å². The van der Waals surface area contributed by atoms with Crippen LogP contribution in [0.3, 0.4) is 0 Å². The molecule has 34 heavy (non-hydrogen) atoms. The SMILES string of the molecule is CC1(C)C(CC(=O)c2ccc(N3CC(CC=O)C3)cc2)C(C)(C)C1Oc1ccc(C#N)c(Cl)c1. The first-order valence-electron chi connectivity index (χ1n) is 11.8. The van der Waals surface area contributed by atoms with Gasteiger partial charge in [0.1, 0.15) is 24.2 Å². The smallest absolute Gasteiger partial charge is 0.163 e. The van der Waals surface area contributed by atoms with Gasteiger partial charge in [-0.3, -0.25) is 4.79 Å². The molecule has 0 spiro atoms. The molecule has 0 atom stereocenters. The third kappa shape index (κ3) is 4.32. The van der Waals surface area contributed by atoms with E-state index in [1.165, 1.54) is 0 Å². The highest BCUT2D eigenvalue weighted by Gasteiger charge is 2.63. The van der Waals surface area contributed by atoms with E-state index in [1.54, 1.807) is 18.2 Å². The lowest BCUT2D eigenvalue weighted by Crippen LogP contribution is -2.66. The number of nitrogens with zero attached hydrogens (tertiary/aromatic N) is 2. The van der Waals surface area contributed by atoms with Gasteiger partial charge in [0.15, 0.2) is 5.78 Å². The molecular weight excluding hydrogens is 448 g/mol. The number of rotatable bonds is 8. The quantitative estimate of drug-likeness (QED) is 0.347. The Labute approximate surface area is 206 Å². The molecule has 4 rings (SSSR count). The monoisotopic (exact) mass is 478 g/mol. The van der Waals surface area contributed by atoms with Crippen LogP contribution in [-0.2, 0) is 4.79 Å². The summed E-state index contributed by atoms with van der Waals surface area (Å²) in [5.41, 5.74) is 1.83.